The molecule has 0 atom stereocenters. The molecule has 0 unspecified atom stereocenters. The predicted octanol–water partition coefficient (Wildman–Crippen LogP) is 2.28. The third-order valence-corrected chi connectivity index (χ3v) is 6.43. The highest BCUT2D eigenvalue weighted by molar-refractivity contribution is 6.08. The number of rotatable bonds is 10. The van der Waals surface area contributed by atoms with Crippen LogP contribution in [-0.2, 0) is 25.9 Å². The van der Waals surface area contributed by atoms with Crippen molar-refractivity contribution < 1.29 is 28.7 Å². The molecule has 0 aliphatic rings. The Bertz CT molecular complexity index is 1790. The summed E-state index contributed by atoms with van der Waals surface area (Å²) in [7, 11) is 6.18. The van der Waals surface area contributed by atoms with Crippen molar-refractivity contribution in [2.75, 3.05) is 29.6 Å². The Balaban J connectivity index is 1.39. The highest BCUT2D eigenvalue weighted by Gasteiger charge is 2.19. The maximum absolute atomic E-state index is 13.0. The quantitative estimate of drug-likeness (QED) is 0.157. The summed E-state index contributed by atoms with van der Waals surface area (Å²) in [6.45, 7) is 0.213. The fraction of sp³-hybridized carbons (Fsp3) is 0.207. The van der Waals surface area contributed by atoms with E-state index < -0.39 is 23.7 Å². The van der Waals surface area contributed by atoms with Crippen molar-refractivity contribution in [3.8, 4) is 6.07 Å². The molecule has 0 spiro atoms. The number of carbonyl (C=O) groups excluding carboxylic acids is 5. The van der Waals surface area contributed by atoms with E-state index in [2.05, 4.69) is 31.0 Å². The summed E-state index contributed by atoms with van der Waals surface area (Å²) in [5.41, 5.74) is 2.14. The van der Waals surface area contributed by atoms with Crippen LogP contribution in [0.3, 0.4) is 0 Å². The number of anilines is 3. The molecule has 0 saturated heterocycles. The van der Waals surface area contributed by atoms with Crippen LogP contribution in [0, 0.1) is 11.3 Å². The molecule has 15 nitrogen and oxygen atoms in total. The highest BCUT2D eigenvalue weighted by Crippen LogP contribution is 2.20. The Morgan fingerprint density at radius 2 is 1.25 bits per heavy atom. The fourth-order valence-electron chi connectivity index (χ4n) is 4.25. The van der Waals surface area contributed by atoms with Crippen molar-refractivity contribution in [3.63, 3.8) is 0 Å². The number of nitrogens with one attached hydrogen (secondary N) is 4. The summed E-state index contributed by atoms with van der Waals surface area (Å²) in [6, 6.07) is 9.25. The molecule has 4 heterocycles. The van der Waals surface area contributed by atoms with Crippen molar-refractivity contribution in [2.45, 2.75) is 6.42 Å². The molecule has 4 rings (SSSR count). The van der Waals surface area contributed by atoms with E-state index in [0.717, 1.165) is 0 Å². The number of aryl methyl sites for hydroxylation is 3. The summed E-state index contributed by atoms with van der Waals surface area (Å²) >= 11 is 0. The lowest BCUT2D eigenvalue weighted by Gasteiger charge is -2.03. The smallest absolute Gasteiger partial charge is 0.339 e. The average molecular weight is 600 g/mol. The largest absolute Gasteiger partial charge is 0.465 e. The maximum atomic E-state index is 13.0. The number of nitrogens with zero attached hydrogens (tertiary/aromatic N) is 5. The summed E-state index contributed by atoms with van der Waals surface area (Å²) in [5, 5.41) is 19.4. The number of carbonyl (C=O) groups is 5. The van der Waals surface area contributed by atoms with Crippen LogP contribution in [-0.4, -0.2) is 61.9 Å². The number of aromatic nitrogens is 4. The highest BCUT2D eigenvalue weighted by atomic mass is 16.5. The first kappa shape index (κ1) is 30.8. The maximum Gasteiger partial charge on any atom is 0.339 e. The van der Waals surface area contributed by atoms with Gasteiger partial charge in [-0.05, 0) is 30.3 Å². The molecule has 44 heavy (non-hydrogen) atoms. The zero-order valence-corrected chi connectivity index (χ0v) is 24.3. The second kappa shape index (κ2) is 13.2. The number of hydrogen-bond acceptors (Lipinski definition) is 8. The molecule has 15 heteroatoms. The van der Waals surface area contributed by atoms with Gasteiger partial charge in [0, 0.05) is 52.5 Å². The molecule has 0 bridgehead atoms. The molecule has 4 aromatic rings. The van der Waals surface area contributed by atoms with Crippen LogP contribution in [0.5, 0.6) is 0 Å². The van der Waals surface area contributed by atoms with Crippen LogP contribution in [0.4, 0.5) is 17.1 Å². The molecule has 0 saturated carbocycles. The van der Waals surface area contributed by atoms with Gasteiger partial charge in [0.15, 0.2) is 0 Å². The third-order valence-electron chi connectivity index (χ3n) is 6.43. The van der Waals surface area contributed by atoms with E-state index in [0.29, 0.717) is 22.8 Å². The molecule has 0 radical (unpaired) electrons. The van der Waals surface area contributed by atoms with E-state index in [1.54, 1.807) is 48.9 Å². The first-order valence-corrected chi connectivity index (χ1v) is 13.1. The van der Waals surface area contributed by atoms with Gasteiger partial charge in [0.2, 0.25) is 0 Å². The van der Waals surface area contributed by atoms with Gasteiger partial charge in [-0.15, -0.1) is 0 Å². The zero-order chi connectivity index (χ0) is 32.0. The fourth-order valence-corrected chi connectivity index (χ4v) is 4.25. The monoisotopic (exact) mass is 599 g/mol. The lowest BCUT2D eigenvalue weighted by molar-refractivity contribution is 0.0599. The van der Waals surface area contributed by atoms with Crippen LogP contribution in [0.1, 0.15) is 58.7 Å². The summed E-state index contributed by atoms with van der Waals surface area (Å²) in [4.78, 5) is 66.5. The van der Waals surface area contributed by atoms with Gasteiger partial charge in [-0.1, -0.05) is 0 Å². The summed E-state index contributed by atoms with van der Waals surface area (Å²) in [6.07, 6.45) is 6.12. The third kappa shape index (κ3) is 6.99. The van der Waals surface area contributed by atoms with Gasteiger partial charge in [0.1, 0.15) is 22.8 Å². The van der Waals surface area contributed by atoms with E-state index in [-0.39, 0.29) is 41.5 Å². The normalized spacial score (nSPS) is 10.4. The van der Waals surface area contributed by atoms with Gasteiger partial charge in [-0.25, -0.2) is 4.79 Å². The van der Waals surface area contributed by atoms with Crippen LogP contribution >= 0.6 is 0 Å². The van der Waals surface area contributed by atoms with Crippen LogP contribution in [0.2, 0.25) is 0 Å². The standard InChI is InChI=1S/C29H29N9O6/c1-36-15-19(10-22(36)26(40)31-9-5-8-30)34-28(42)24-12-20(16-38(24)3)35-27(41)23-11-18(14-37(23)2)33-25(39)21-7-6-17(13-32-21)29(43)44-4/h6-7,10-16H,5,9H2,1-4H3,(H,31,40)(H,33,39)(H,34,42)(H,35,41). The number of ether oxygens (including phenoxy) is 1. The van der Waals surface area contributed by atoms with Crippen molar-refractivity contribution in [1.29, 1.82) is 5.26 Å². The van der Waals surface area contributed by atoms with Gasteiger partial charge in [0.05, 0.1) is 42.2 Å². The Morgan fingerprint density at radius 3 is 1.68 bits per heavy atom. The molecule has 4 aromatic heterocycles. The second-order valence-electron chi connectivity index (χ2n) is 9.62. The molecule has 0 aliphatic heterocycles. The van der Waals surface area contributed by atoms with Gasteiger partial charge >= 0.3 is 5.97 Å². The number of esters is 1. The zero-order valence-electron chi connectivity index (χ0n) is 24.3. The minimum atomic E-state index is -0.574. The Hall–Kier alpha value is -6.17. The first-order chi connectivity index (χ1) is 21.0. The van der Waals surface area contributed by atoms with E-state index >= 15 is 0 Å². The molecular formula is C29H29N9O6. The van der Waals surface area contributed by atoms with E-state index in [4.69, 9.17) is 5.26 Å². The number of pyridine rings is 1. The number of nitriles is 1. The van der Waals surface area contributed by atoms with Gasteiger partial charge in [0.25, 0.3) is 23.6 Å². The molecule has 0 aliphatic carbocycles. The Kier molecular flexibility index (Phi) is 9.24. The SMILES string of the molecule is COC(=O)c1ccc(C(=O)Nc2cc(C(=O)Nc3cc(C(=O)Nc4cc(C(=O)NCCC#N)n(C)c4)n(C)c3)n(C)c2)nc1. The topological polar surface area (TPSA) is 194 Å². The lowest BCUT2D eigenvalue weighted by atomic mass is 10.2. The molecule has 4 amide bonds. The molecule has 0 fully saturated rings. The Labute approximate surface area is 251 Å². The van der Waals surface area contributed by atoms with Crippen molar-refractivity contribution >= 4 is 46.7 Å². The van der Waals surface area contributed by atoms with Crippen molar-refractivity contribution in [3.05, 3.63) is 83.5 Å². The average Bonchev–Trinajstić information content (AvgIpc) is 3.67. The second-order valence-corrected chi connectivity index (χ2v) is 9.62. The molecule has 4 N–H and O–H groups in total. The molecule has 0 aromatic carbocycles. The molecular weight excluding hydrogens is 570 g/mol. The molecule has 226 valence electrons. The lowest BCUT2D eigenvalue weighted by Crippen LogP contribution is -2.25. The first-order valence-electron chi connectivity index (χ1n) is 13.1. The van der Waals surface area contributed by atoms with Crippen LogP contribution < -0.4 is 21.3 Å². The van der Waals surface area contributed by atoms with Crippen LogP contribution in [0.25, 0.3) is 0 Å². The van der Waals surface area contributed by atoms with Gasteiger partial charge in [-0.2, -0.15) is 5.26 Å². The van der Waals surface area contributed by atoms with Gasteiger partial charge in [-0.3, -0.25) is 24.2 Å². The van der Waals surface area contributed by atoms with E-state index in [1.165, 1.54) is 48.2 Å². The minimum absolute atomic E-state index is 0.0631. The van der Waals surface area contributed by atoms with Crippen molar-refractivity contribution in [2.24, 2.45) is 21.1 Å². The predicted molar refractivity (Wildman–Crippen MR) is 158 cm³/mol. The Morgan fingerprint density at radius 1 is 0.773 bits per heavy atom. The van der Waals surface area contributed by atoms with E-state index in [1.807, 2.05) is 6.07 Å². The van der Waals surface area contributed by atoms with Crippen molar-refractivity contribution in [1.82, 2.24) is 24.0 Å². The summed E-state index contributed by atoms with van der Waals surface area (Å²) < 4.78 is 9.24. The summed E-state index contributed by atoms with van der Waals surface area (Å²) in [5.74, 6) is -2.44. The van der Waals surface area contributed by atoms with Gasteiger partial charge < -0.3 is 39.7 Å². The van der Waals surface area contributed by atoms with E-state index in [9.17, 15) is 24.0 Å². The van der Waals surface area contributed by atoms with Crippen LogP contribution in [0.15, 0.2) is 55.1 Å². The minimum Gasteiger partial charge on any atom is -0.465 e. The number of amides is 4. The number of hydrogen-bond donors (Lipinski definition) is 4. The number of methoxy groups -OCH3 is 1.